The van der Waals surface area contributed by atoms with Crippen molar-refractivity contribution in [1.82, 2.24) is 10.4 Å². The van der Waals surface area contributed by atoms with E-state index in [9.17, 15) is 9.36 Å². The minimum atomic E-state index is -3.13. The number of rotatable bonds is 9. The van der Waals surface area contributed by atoms with Crippen LogP contribution >= 0.6 is 18.1 Å². The van der Waals surface area contributed by atoms with Gasteiger partial charge in [0, 0.05) is 12.3 Å². The van der Waals surface area contributed by atoms with Gasteiger partial charge < -0.3 is 19.3 Å². The second-order valence-electron chi connectivity index (χ2n) is 8.07. The molecule has 3 aromatic rings. The molecule has 1 heterocycles. The van der Waals surface area contributed by atoms with Crippen molar-refractivity contribution in [3.63, 3.8) is 0 Å². The Hall–Kier alpha value is -2.77. The number of methoxy groups -OCH3 is 2. The van der Waals surface area contributed by atoms with Gasteiger partial charge in [0.2, 0.25) is 5.91 Å². The zero-order chi connectivity index (χ0) is 24.8. The van der Waals surface area contributed by atoms with Gasteiger partial charge in [-0.05, 0) is 76.5 Å². The van der Waals surface area contributed by atoms with Gasteiger partial charge in [0.15, 0.2) is 0 Å². The van der Waals surface area contributed by atoms with Crippen LogP contribution in [0.25, 0.3) is 22.3 Å². The van der Waals surface area contributed by atoms with E-state index in [0.717, 1.165) is 50.7 Å². The number of hydrogen-bond donors (Lipinski definition) is 2. The van der Waals surface area contributed by atoms with Gasteiger partial charge in [-0.2, -0.15) is 0 Å². The standard InChI is InChI=1S/C26H29N2O5PS/c1-18(26(29)28-34(30)33-14-15-35-34)27-17-22-5-4-21(19-6-10-23(31-2)11-7-19)16-25(22)20-8-12-24(32-3)13-9-20/h4-13,16,18,27H,14-15,17H2,1-3H3,(H,28,29,30)/t18-,34?/m0/s1. The molecule has 1 aliphatic heterocycles. The molecule has 0 saturated carbocycles. The Labute approximate surface area is 209 Å². The quantitative estimate of drug-likeness (QED) is 0.366. The number of nitrogens with one attached hydrogen (secondary N) is 2. The minimum absolute atomic E-state index is 0.344. The van der Waals surface area contributed by atoms with Crippen molar-refractivity contribution in [2.75, 3.05) is 26.6 Å². The van der Waals surface area contributed by atoms with Crippen LogP contribution in [0.15, 0.2) is 66.7 Å². The maximum atomic E-state index is 12.6. The molecular formula is C26H29N2O5PS. The zero-order valence-electron chi connectivity index (χ0n) is 19.9. The smallest absolute Gasteiger partial charge is 0.353 e. The topological polar surface area (TPSA) is 85.9 Å². The second kappa shape index (κ2) is 11.3. The van der Waals surface area contributed by atoms with Gasteiger partial charge >= 0.3 is 6.72 Å². The van der Waals surface area contributed by atoms with Gasteiger partial charge in [-0.15, -0.1) is 0 Å². The fourth-order valence-electron chi connectivity index (χ4n) is 3.74. The van der Waals surface area contributed by atoms with Crippen LogP contribution in [0, 0.1) is 0 Å². The van der Waals surface area contributed by atoms with Crippen LogP contribution in [0.5, 0.6) is 11.5 Å². The molecule has 0 radical (unpaired) electrons. The molecule has 184 valence electrons. The molecular weight excluding hydrogens is 483 g/mol. The summed E-state index contributed by atoms with van der Waals surface area (Å²) < 4.78 is 28.3. The van der Waals surface area contributed by atoms with Gasteiger partial charge in [0.25, 0.3) is 0 Å². The Bertz CT molecular complexity index is 1210. The summed E-state index contributed by atoms with van der Waals surface area (Å²) in [6.07, 6.45) is 0. The van der Waals surface area contributed by atoms with Crippen LogP contribution in [-0.4, -0.2) is 38.5 Å². The Morgan fingerprint density at radius 3 is 2.14 bits per heavy atom. The highest BCUT2D eigenvalue weighted by atomic mass is 32.7. The fourth-order valence-corrected chi connectivity index (χ4v) is 7.11. The van der Waals surface area contributed by atoms with E-state index in [1.54, 1.807) is 21.1 Å². The molecule has 9 heteroatoms. The maximum absolute atomic E-state index is 12.6. The van der Waals surface area contributed by atoms with Crippen molar-refractivity contribution in [3.05, 3.63) is 72.3 Å². The highest BCUT2D eigenvalue weighted by Crippen LogP contribution is 2.59. The molecule has 0 aliphatic carbocycles. The largest absolute Gasteiger partial charge is 0.497 e. The van der Waals surface area contributed by atoms with Crippen molar-refractivity contribution >= 4 is 24.0 Å². The van der Waals surface area contributed by atoms with Crippen molar-refractivity contribution in [2.24, 2.45) is 0 Å². The molecule has 4 rings (SSSR count). The maximum Gasteiger partial charge on any atom is 0.353 e. The van der Waals surface area contributed by atoms with Crippen LogP contribution in [0.2, 0.25) is 0 Å². The van der Waals surface area contributed by atoms with Crippen molar-refractivity contribution in [3.8, 4) is 33.8 Å². The predicted molar refractivity (Wildman–Crippen MR) is 141 cm³/mol. The first-order chi connectivity index (χ1) is 16.9. The zero-order valence-corrected chi connectivity index (χ0v) is 21.7. The molecule has 0 bridgehead atoms. The first kappa shape index (κ1) is 25.3. The lowest BCUT2D eigenvalue weighted by molar-refractivity contribution is -0.121. The Kier molecular flexibility index (Phi) is 8.19. The van der Waals surface area contributed by atoms with Crippen molar-refractivity contribution in [2.45, 2.75) is 19.5 Å². The first-order valence-electron chi connectivity index (χ1n) is 11.3. The average molecular weight is 513 g/mol. The fraction of sp³-hybridized carbons (Fsp3) is 0.269. The summed E-state index contributed by atoms with van der Waals surface area (Å²) in [5, 5.41) is 5.82. The van der Waals surface area contributed by atoms with E-state index >= 15 is 0 Å². The molecule has 1 fully saturated rings. The summed E-state index contributed by atoms with van der Waals surface area (Å²) in [4.78, 5) is 12.6. The molecule has 1 saturated heterocycles. The number of carbonyl (C=O) groups excluding carboxylic acids is 1. The second-order valence-corrected chi connectivity index (χ2v) is 12.4. The van der Waals surface area contributed by atoms with Crippen LogP contribution in [-0.2, 0) is 20.4 Å². The summed E-state index contributed by atoms with van der Waals surface area (Å²) >= 11 is 1.16. The summed E-state index contributed by atoms with van der Waals surface area (Å²) in [6.45, 7) is -0.540. The first-order valence-corrected chi connectivity index (χ1v) is 14.5. The minimum Gasteiger partial charge on any atom is -0.497 e. The number of ether oxygens (including phenoxy) is 2. The van der Waals surface area contributed by atoms with Crippen molar-refractivity contribution < 1.29 is 23.4 Å². The Morgan fingerprint density at radius 2 is 1.57 bits per heavy atom. The normalized spacial score (nSPS) is 18.1. The molecule has 1 amide bonds. The van der Waals surface area contributed by atoms with Crippen LogP contribution in [0.1, 0.15) is 12.5 Å². The summed E-state index contributed by atoms with van der Waals surface area (Å²) in [6, 6.07) is 21.6. The molecule has 1 aliphatic rings. The molecule has 35 heavy (non-hydrogen) atoms. The van der Waals surface area contributed by atoms with Gasteiger partial charge in [0.1, 0.15) is 11.5 Å². The molecule has 0 spiro atoms. The lowest BCUT2D eigenvalue weighted by atomic mass is 9.94. The van der Waals surface area contributed by atoms with Gasteiger partial charge in [0.05, 0.1) is 26.9 Å². The van der Waals surface area contributed by atoms with Crippen LogP contribution < -0.4 is 19.9 Å². The van der Waals surface area contributed by atoms with Gasteiger partial charge in [-0.3, -0.25) is 14.4 Å². The van der Waals surface area contributed by atoms with Gasteiger partial charge in [-0.1, -0.05) is 36.4 Å². The van der Waals surface area contributed by atoms with E-state index in [0.29, 0.717) is 18.9 Å². The van der Waals surface area contributed by atoms with Gasteiger partial charge in [-0.25, -0.2) is 0 Å². The number of benzene rings is 3. The monoisotopic (exact) mass is 512 g/mol. The predicted octanol–water partition coefficient (Wildman–Crippen LogP) is 5.50. The molecule has 2 N–H and O–H groups in total. The molecule has 7 nitrogen and oxygen atoms in total. The van der Waals surface area contributed by atoms with Crippen molar-refractivity contribution in [1.29, 1.82) is 0 Å². The van der Waals surface area contributed by atoms with E-state index < -0.39 is 12.8 Å². The lowest BCUT2D eigenvalue weighted by Crippen LogP contribution is -2.40. The molecule has 3 aromatic carbocycles. The average Bonchev–Trinajstić information content (AvgIpc) is 3.33. The van der Waals surface area contributed by atoms with E-state index in [1.807, 2.05) is 48.5 Å². The van der Waals surface area contributed by atoms with Crippen LogP contribution in [0.4, 0.5) is 0 Å². The highest BCUT2D eigenvalue weighted by molar-refractivity contribution is 8.56. The third kappa shape index (κ3) is 6.27. The number of amides is 1. The summed E-state index contributed by atoms with van der Waals surface area (Å²) in [5.41, 5.74) is 5.26. The third-order valence-corrected chi connectivity index (χ3v) is 9.64. The molecule has 1 unspecified atom stereocenters. The summed E-state index contributed by atoms with van der Waals surface area (Å²) in [5.74, 6) is 1.86. The SMILES string of the molecule is COc1ccc(-c2ccc(CN[C@@H](C)C(=O)NP3(=O)OCCS3)c(-c3ccc(OC)cc3)c2)cc1. The molecule has 0 aromatic heterocycles. The van der Waals surface area contributed by atoms with E-state index in [4.69, 9.17) is 14.0 Å². The Morgan fingerprint density at radius 1 is 0.971 bits per heavy atom. The molecule has 2 atom stereocenters. The van der Waals surface area contributed by atoms with E-state index in [2.05, 4.69) is 28.6 Å². The number of carbonyl (C=O) groups is 1. The third-order valence-electron chi connectivity index (χ3n) is 5.78. The van der Waals surface area contributed by atoms with E-state index in [-0.39, 0.29) is 5.91 Å². The van der Waals surface area contributed by atoms with E-state index in [1.165, 1.54) is 0 Å². The van der Waals surface area contributed by atoms with Crippen LogP contribution in [0.3, 0.4) is 0 Å². The Balaban J connectivity index is 1.57. The summed E-state index contributed by atoms with van der Waals surface area (Å²) in [7, 11) is 3.29. The highest BCUT2D eigenvalue weighted by Gasteiger charge is 2.33. The number of hydrogen-bond acceptors (Lipinski definition) is 7. The lowest BCUT2D eigenvalue weighted by Gasteiger charge is -2.19.